The highest BCUT2D eigenvalue weighted by Crippen LogP contribution is 2.19. The molecular formula is C13H12NO4S-. The lowest BCUT2D eigenvalue weighted by Crippen LogP contribution is -2.24. The number of nitrogens with zero attached hydrogens (tertiary/aromatic N) is 1. The number of carboxylic acids is 1. The molecule has 0 aliphatic heterocycles. The summed E-state index contributed by atoms with van der Waals surface area (Å²) in [7, 11) is 1.60. The Hall–Kier alpha value is -2.08. The van der Waals surface area contributed by atoms with Gasteiger partial charge in [-0.15, -0.1) is 11.3 Å². The van der Waals surface area contributed by atoms with Crippen molar-refractivity contribution in [3.05, 3.63) is 40.3 Å². The van der Waals surface area contributed by atoms with Crippen LogP contribution in [-0.2, 0) is 17.8 Å². The van der Waals surface area contributed by atoms with Gasteiger partial charge < -0.3 is 19.4 Å². The number of aromatic nitrogens is 1. The number of hydrogen-bond donors (Lipinski definition) is 0. The van der Waals surface area contributed by atoms with Crippen LogP contribution in [0.15, 0.2) is 29.6 Å². The number of carboxylic acid groups (broad SMARTS) is 1. The molecule has 2 rings (SSSR count). The molecule has 0 radical (unpaired) electrons. The Kier molecular flexibility index (Phi) is 4.35. The van der Waals surface area contributed by atoms with Gasteiger partial charge in [-0.2, -0.15) is 0 Å². The van der Waals surface area contributed by atoms with Crippen molar-refractivity contribution >= 4 is 17.3 Å². The van der Waals surface area contributed by atoms with Crippen LogP contribution in [-0.4, -0.2) is 18.1 Å². The molecule has 6 heteroatoms. The summed E-state index contributed by atoms with van der Waals surface area (Å²) in [4.78, 5) is 14.6. The smallest absolute Gasteiger partial charge is 0.140 e. The van der Waals surface area contributed by atoms with Crippen molar-refractivity contribution in [2.45, 2.75) is 13.0 Å². The Balaban J connectivity index is 1.90. The third kappa shape index (κ3) is 3.96. The summed E-state index contributed by atoms with van der Waals surface area (Å²) in [5, 5.41) is 12.9. The van der Waals surface area contributed by atoms with Crippen LogP contribution in [0.3, 0.4) is 0 Å². The second kappa shape index (κ2) is 6.19. The van der Waals surface area contributed by atoms with Crippen molar-refractivity contribution in [2.75, 3.05) is 7.11 Å². The first-order chi connectivity index (χ1) is 9.17. The Morgan fingerprint density at radius 3 is 2.63 bits per heavy atom. The van der Waals surface area contributed by atoms with Crippen molar-refractivity contribution in [1.82, 2.24) is 4.98 Å². The molecule has 1 heterocycles. The van der Waals surface area contributed by atoms with Crippen LogP contribution in [0.1, 0.15) is 10.7 Å². The summed E-state index contributed by atoms with van der Waals surface area (Å²) in [5.74, 6) is 0.336. The first-order valence-electron chi connectivity index (χ1n) is 5.57. The minimum Gasteiger partial charge on any atom is -0.550 e. The van der Waals surface area contributed by atoms with Gasteiger partial charge in [0.25, 0.3) is 0 Å². The van der Waals surface area contributed by atoms with Crippen LogP contribution in [0, 0.1) is 0 Å². The lowest BCUT2D eigenvalue weighted by Gasteiger charge is -2.05. The van der Waals surface area contributed by atoms with Gasteiger partial charge in [-0.05, 0) is 24.3 Å². The average molecular weight is 278 g/mol. The van der Waals surface area contributed by atoms with Crippen molar-refractivity contribution in [1.29, 1.82) is 0 Å². The molecule has 1 aromatic heterocycles. The van der Waals surface area contributed by atoms with Crippen LogP contribution in [0.25, 0.3) is 0 Å². The number of methoxy groups -OCH3 is 1. The SMILES string of the molecule is COc1ccc(OCc2nc(CC(=O)[O-])cs2)cc1. The van der Waals surface area contributed by atoms with Crippen LogP contribution in [0.4, 0.5) is 0 Å². The molecule has 5 nitrogen and oxygen atoms in total. The zero-order valence-electron chi connectivity index (χ0n) is 10.3. The second-order valence-electron chi connectivity index (χ2n) is 3.75. The van der Waals surface area contributed by atoms with Crippen molar-refractivity contribution in [3.63, 3.8) is 0 Å². The maximum Gasteiger partial charge on any atom is 0.140 e. The molecule has 0 amide bonds. The summed E-state index contributed by atoms with van der Waals surface area (Å²) < 4.78 is 10.6. The van der Waals surface area contributed by atoms with E-state index in [1.165, 1.54) is 11.3 Å². The monoisotopic (exact) mass is 278 g/mol. The fraction of sp³-hybridized carbons (Fsp3) is 0.231. The number of hydrogen-bond acceptors (Lipinski definition) is 6. The van der Waals surface area contributed by atoms with E-state index in [1.54, 1.807) is 36.8 Å². The van der Waals surface area contributed by atoms with Crippen LogP contribution in [0.5, 0.6) is 11.5 Å². The van der Waals surface area contributed by atoms with Gasteiger partial charge >= 0.3 is 0 Å². The van der Waals surface area contributed by atoms with E-state index in [4.69, 9.17) is 9.47 Å². The molecule has 0 N–H and O–H groups in total. The van der Waals surface area contributed by atoms with Gasteiger partial charge in [-0.1, -0.05) is 0 Å². The standard InChI is InChI=1S/C13H13NO4S/c1-17-10-2-4-11(5-3-10)18-7-12-14-9(8-19-12)6-13(15)16/h2-5,8H,6-7H2,1H3,(H,15,16)/p-1. The van der Waals surface area contributed by atoms with E-state index in [1.807, 2.05) is 0 Å². The first-order valence-corrected chi connectivity index (χ1v) is 6.45. The number of ether oxygens (including phenoxy) is 2. The Bertz CT molecular complexity index is 550. The maximum absolute atomic E-state index is 10.4. The topological polar surface area (TPSA) is 71.5 Å². The van der Waals surface area contributed by atoms with Crippen LogP contribution in [0.2, 0.25) is 0 Å². The highest BCUT2D eigenvalue weighted by Gasteiger charge is 2.03. The predicted molar refractivity (Wildman–Crippen MR) is 68.2 cm³/mol. The minimum atomic E-state index is -1.13. The zero-order valence-corrected chi connectivity index (χ0v) is 11.1. The number of thiazole rings is 1. The Morgan fingerprint density at radius 2 is 2.00 bits per heavy atom. The molecule has 0 aliphatic rings. The lowest BCUT2D eigenvalue weighted by molar-refractivity contribution is -0.304. The molecule has 0 saturated carbocycles. The number of aliphatic carboxylic acids is 1. The normalized spacial score (nSPS) is 10.2. The summed E-state index contributed by atoms with van der Waals surface area (Å²) in [5.41, 5.74) is 0.498. The van der Waals surface area contributed by atoms with Crippen molar-refractivity contribution in [2.24, 2.45) is 0 Å². The second-order valence-corrected chi connectivity index (χ2v) is 4.69. The molecule has 0 fully saturated rings. The minimum absolute atomic E-state index is 0.168. The lowest BCUT2D eigenvalue weighted by atomic mass is 10.3. The van der Waals surface area contributed by atoms with Gasteiger partial charge in [0.1, 0.15) is 23.1 Å². The zero-order chi connectivity index (χ0) is 13.7. The van der Waals surface area contributed by atoms with Crippen LogP contribution < -0.4 is 14.6 Å². The Labute approximate surface area is 114 Å². The molecule has 2 aromatic rings. The summed E-state index contributed by atoms with van der Waals surface area (Å²) >= 11 is 1.37. The highest BCUT2D eigenvalue weighted by atomic mass is 32.1. The number of carbonyl (C=O) groups excluding carboxylic acids is 1. The third-order valence-corrected chi connectivity index (χ3v) is 3.22. The quantitative estimate of drug-likeness (QED) is 0.789. The molecule has 0 unspecified atom stereocenters. The molecule has 0 atom stereocenters. The van der Waals surface area contributed by atoms with E-state index in [2.05, 4.69) is 4.98 Å². The van der Waals surface area contributed by atoms with Gasteiger partial charge in [-0.25, -0.2) is 4.98 Å². The van der Waals surface area contributed by atoms with E-state index >= 15 is 0 Å². The molecule has 0 aliphatic carbocycles. The Morgan fingerprint density at radius 1 is 1.32 bits per heavy atom. The van der Waals surface area contributed by atoms with E-state index in [9.17, 15) is 9.90 Å². The maximum atomic E-state index is 10.4. The van der Waals surface area contributed by atoms with Crippen molar-refractivity contribution < 1.29 is 19.4 Å². The molecular weight excluding hydrogens is 266 g/mol. The van der Waals surface area contributed by atoms with E-state index < -0.39 is 5.97 Å². The van der Waals surface area contributed by atoms with Gasteiger partial charge in [0, 0.05) is 17.8 Å². The summed E-state index contributed by atoms with van der Waals surface area (Å²) in [6.07, 6.45) is -0.168. The van der Waals surface area contributed by atoms with E-state index in [0.29, 0.717) is 18.1 Å². The predicted octanol–water partition coefficient (Wildman–Crippen LogP) is 1.02. The van der Waals surface area contributed by atoms with Gasteiger partial charge in [0.05, 0.1) is 12.8 Å². The summed E-state index contributed by atoms with van der Waals surface area (Å²) in [6.45, 7) is 0.310. The molecule has 19 heavy (non-hydrogen) atoms. The molecule has 1 aromatic carbocycles. The van der Waals surface area contributed by atoms with Crippen molar-refractivity contribution in [3.8, 4) is 11.5 Å². The fourth-order valence-corrected chi connectivity index (χ4v) is 2.17. The van der Waals surface area contributed by atoms with Gasteiger partial charge in [-0.3, -0.25) is 0 Å². The molecule has 0 bridgehead atoms. The summed E-state index contributed by atoms with van der Waals surface area (Å²) in [6, 6.07) is 7.21. The fourth-order valence-electron chi connectivity index (χ4n) is 1.46. The largest absolute Gasteiger partial charge is 0.550 e. The molecule has 0 spiro atoms. The van der Waals surface area contributed by atoms with Crippen LogP contribution >= 0.6 is 11.3 Å². The van der Waals surface area contributed by atoms with Gasteiger partial charge in [0.15, 0.2) is 0 Å². The number of carbonyl (C=O) groups is 1. The van der Waals surface area contributed by atoms with E-state index in [-0.39, 0.29) is 6.42 Å². The highest BCUT2D eigenvalue weighted by molar-refractivity contribution is 7.09. The average Bonchev–Trinajstić information content (AvgIpc) is 2.84. The third-order valence-electron chi connectivity index (χ3n) is 2.35. The molecule has 0 saturated heterocycles. The van der Waals surface area contributed by atoms with Gasteiger partial charge in [0.2, 0.25) is 0 Å². The number of rotatable bonds is 6. The number of benzene rings is 1. The molecule has 100 valence electrons. The first kappa shape index (κ1) is 13.4. The van der Waals surface area contributed by atoms with E-state index in [0.717, 1.165) is 10.8 Å².